The molecule has 0 saturated carbocycles. The lowest BCUT2D eigenvalue weighted by molar-refractivity contribution is 0.155. The summed E-state index contributed by atoms with van der Waals surface area (Å²) in [5, 5.41) is 9.45. The highest BCUT2D eigenvalue weighted by Gasteiger charge is 2.35. The first kappa shape index (κ1) is 16.7. The summed E-state index contributed by atoms with van der Waals surface area (Å²) in [5.74, 6) is 0.350. The van der Waals surface area contributed by atoms with E-state index in [2.05, 4.69) is 15.9 Å². The van der Waals surface area contributed by atoms with Crippen molar-refractivity contribution in [2.24, 2.45) is 0 Å². The largest absolute Gasteiger partial charge is 0.492 e. The lowest BCUT2D eigenvalue weighted by atomic mass is 10.1. The van der Waals surface area contributed by atoms with Gasteiger partial charge in [-0.3, -0.25) is 0 Å². The summed E-state index contributed by atoms with van der Waals surface area (Å²) in [6, 6.07) is 4.61. The monoisotopic (exact) mass is 377 g/mol. The number of hydrogen-bond donors (Lipinski definition) is 1. The van der Waals surface area contributed by atoms with E-state index in [1.807, 2.05) is 6.92 Å². The number of piperidine rings is 1. The number of aliphatic hydroxyl groups is 1. The van der Waals surface area contributed by atoms with Gasteiger partial charge in [-0.15, -0.1) is 0 Å². The first-order valence-electron chi connectivity index (χ1n) is 7.05. The lowest BCUT2D eigenvalue weighted by Gasteiger charge is -2.33. The molecule has 1 atom stereocenters. The van der Waals surface area contributed by atoms with E-state index >= 15 is 0 Å². The van der Waals surface area contributed by atoms with Gasteiger partial charge in [0.2, 0.25) is 10.0 Å². The molecule has 1 unspecified atom stereocenters. The normalized spacial score (nSPS) is 20.4. The number of rotatable bonds is 5. The van der Waals surface area contributed by atoms with E-state index in [1.165, 1.54) is 4.31 Å². The topological polar surface area (TPSA) is 66.8 Å². The van der Waals surface area contributed by atoms with Crippen molar-refractivity contribution in [3.05, 3.63) is 22.7 Å². The lowest BCUT2D eigenvalue weighted by Crippen LogP contribution is -2.45. The Morgan fingerprint density at radius 1 is 1.43 bits per heavy atom. The summed E-state index contributed by atoms with van der Waals surface area (Å²) in [4.78, 5) is 0.152. The smallest absolute Gasteiger partial charge is 0.247 e. The Morgan fingerprint density at radius 3 is 2.86 bits per heavy atom. The van der Waals surface area contributed by atoms with Crippen LogP contribution in [0.5, 0.6) is 5.75 Å². The summed E-state index contributed by atoms with van der Waals surface area (Å²) in [5.41, 5.74) is 0. The van der Waals surface area contributed by atoms with E-state index in [0.717, 1.165) is 12.8 Å². The van der Waals surface area contributed by atoms with Crippen molar-refractivity contribution in [2.75, 3.05) is 19.8 Å². The fraction of sp³-hybridized carbons (Fsp3) is 0.571. The first-order valence-corrected chi connectivity index (χ1v) is 9.29. The summed E-state index contributed by atoms with van der Waals surface area (Å²) < 4.78 is 33.4. The molecule has 0 spiro atoms. The molecule has 1 aliphatic heterocycles. The van der Waals surface area contributed by atoms with Crippen LogP contribution < -0.4 is 4.74 Å². The third kappa shape index (κ3) is 3.59. The molecule has 0 amide bonds. The van der Waals surface area contributed by atoms with Crippen molar-refractivity contribution < 1.29 is 18.3 Å². The molecule has 1 fully saturated rings. The molecular weight excluding hydrogens is 358 g/mol. The molecule has 1 N–H and O–H groups in total. The maximum atomic E-state index is 12.9. The fourth-order valence-corrected chi connectivity index (χ4v) is 4.91. The maximum Gasteiger partial charge on any atom is 0.247 e. The number of halogens is 1. The van der Waals surface area contributed by atoms with Gasteiger partial charge in [0.1, 0.15) is 10.6 Å². The Morgan fingerprint density at radius 2 is 2.19 bits per heavy atom. The second-order valence-corrected chi connectivity index (χ2v) is 7.75. The molecule has 118 valence electrons. The molecular formula is C14H20BrNO4S. The summed E-state index contributed by atoms with van der Waals surface area (Å²) in [7, 11) is -3.68. The molecule has 2 rings (SSSR count). The first-order chi connectivity index (χ1) is 10.0. The quantitative estimate of drug-likeness (QED) is 0.855. The highest BCUT2D eigenvalue weighted by molar-refractivity contribution is 9.10. The van der Waals surface area contributed by atoms with Gasteiger partial charge in [0.05, 0.1) is 13.2 Å². The maximum absolute atomic E-state index is 12.9. The zero-order chi connectivity index (χ0) is 15.5. The zero-order valence-corrected chi connectivity index (χ0v) is 14.4. The van der Waals surface area contributed by atoms with Crippen LogP contribution in [0.3, 0.4) is 0 Å². The van der Waals surface area contributed by atoms with Crippen LogP contribution in [0.1, 0.15) is 26.2 Å². The van der Waals surface area contributed by atoms with E-state index < -0.39 is 10.0 Å². The second kappa shape index (κ2) is 7.09. The molecule has 1 aromatic carbocycles. The molecule has 21 heavy (non-hydrogen) atoms. The fourth-order valence-electron chi connectivity index (χ4n) is 2.56. The number of ether oxygens (including phenoxy) is 1. The predicted molar refractivity (Wildman–Crippen MR) is 83.9 cm³/mol. The molecule has 0 bridgehead atoms. The van der Waals surface area contributed by atoms with Gasteiger partial charge >= 0.3 is 0 Å². The molecule has 0 aromatic heterocycles. The van der Waals surface area contributed by atoms with E-state index in [1.54, 1.807) is 18.2 Å². The molecule has 1 aliphatic rings. The number of nitrogens with zero attached hydrogens (tertiary/aromatic N) is 1. The average molecular weight is 378 g/mol. The van der Waals surface area contributed by atoms with Crippen LogP contribution in [0.25, 0.3) is 0 Å². The SMILES string of the molecule is CCOc1ccc(Br)cc1S(=O)(=O)N1CCCCC1CO. The minimum atomic E-state index is -3.68. The standard InChI is InChI=1S/C14H20BrNO4S/c1-2-20-13-7-6-11(15)9-14(13)21(18,19)16-8-4-3-5-12(16)10-17/h6-7,9,12,17H,2-5,8,10H2,1H3. The average Bonchev–Trinajstić information content (AvgIpc) is 2.49. The highest BCUT2D eigenvalue weighted by atomic mass is 79.9. The Hall–Kier alpha value is -0.630. The van der Waals surface area contributed by atoms with Crippen molar-refractivity contribution in [1.29, 1.82) is 0 Å². The van der Waals surface area contributed by atoms with Crippen LogP contribution in [0.2, 0.25) is 0 Å². The Bertz CT molecular complexity index is 591. The zero-order valence-electron chi connectivity index (χ0n) is 12.0. The third-order valence-corrected chi connectivity index (χ3v) is 6.04. The number of hydrogen-bond acceptors (Lipinski definition) is 4. The highest BCUT2D eigenvalue weighted by Crippen LogP contribution is 2.33. The Kier molecular flexibility index (Phi) is 5.65. The van der Waals surface area contributed by atoms with Gasteiger partial charge in [-0.2, -0.15) is 4.31 Å². The van der Waals surface area contributed by atoms with E-state index in [4.69, 9.17) is 4.74 Å². The van der Waals surface area contributed by atoms with Gasteiger partial charge in [0.25, 0.3) is 0 Å². The number of sulfonamides is 1. The summed E-state index contributed by atoms with van der Waals surface area (Å²) >= 11 is 3.31. The van der Waals surface area contributed by atoms with Crippen LogP contribution in [-0.2, 0) is 10.0 Å². The van der Waals surface area contributed by atoms with Crippen LogP contribution in [0, 0.1) is 0 Å². The van der Waals surface area contributed by atoms with Gasteiger partial charge in [-0.05, 0) is 38.0 Å². The van der Waals surface area contributed by atoms with E-state index in [0.29, 0.717) is 29.8 Å². The van der Waals surface area contributed by atoms with Gasteiger partial charge in [0, 0.05) is 17.1 Å². The third-order valence-electron chi connectivity index (χ3n) is 3.58. The molecule has 5 nitrogen and oxygen atoms in total. The number of benzene rings is 1. The molecule has 0 aliphatic carbocycles. The molecule has 0 radical (unpaired) electrons. The molecule has 1 heterocycles. The molecule has 1 saturated heterocycles. The van der Waals surface area contributed by atoms with Crippen LogP contribution >= 0.6 is 15.9 Å². The van der Waals surface area contributed by atoms with E-state index in [-0.39, 0.29) is 17.5 Å². The second-order valence-electron chi connectivity index (χ2n) is 4.97. The summed E-state index contributed by atoms with van der Waals surface area (Å²) in [6.07, 6.45) is 2.44. The Labute approximate surface area is 134 Å². The van der Waals surface area contributed by atoms with Crippen molar-refractivity contribution in [3.63, 3.8) is 0 Å². The van der Waals surface area contributed by atoms with Gasteiger partial charge in [-0.25, -0.2) is 8.42 Å². The molecule has 7 heteroatoms. The van der Waals surface area contributed by atoms with Crippen molar-refractivity contribution >= 4 is 26.0 Å². The summed E-state index contributed by atoms with van der Waals surface area (Å²) in [6.45, 7) is 2.49. The minimum Gasteiger partial charge on any atom is -0.492 e. The minimum absolute atomic E-state index is 0.152. The van der Waals surface area contributed by atoms with Crippen LogP contribution in [-0.4, -0.2) is 43.6 Å². The van der Waals surface area contributed by atoms with Crippen LogP contribution in [0.15, 0.2) is 27.6 Å². The van der Waals surface area contributed by atoms with Crippen LogP contribution in [0.4, 0.5) is 0 Å². The van der Waals surface area contributed by atoms with Crippen molar-refractivity contribution in [1.82, 2.24) is 4.31 Å². The van der Waals surface area contributed by atoms with Gasteiger partial charge in [-0.1, -0.05) is 22.4 Å². The van der Waals surface area contributed by atoms with Gasteiger partial charge in [0.15, 0.2) is 0 Å². The van der Waals surface area contributed by atoms with E-state index in [9.17, 15) is 13.5 Å². The van der Waals surface area contributed by atoms with Crippen molar-refractivity contribution in [3.8, 4) is 5.75 Å². The predicted octanol–water partition coefficient (Wildman–Crippen LogP) is 2.38. The number of aliphatic hydroxyl groups excluding tert-OH is 1. The molecule has 1 aromatic rings. The van der Waals surface area contributed by atoms with Gasteiger partial charge < -0.3 is 9.84 Å². The van der Waals surface area contributed by atoms with Crippen molar-refractivity contribution in [2.45, 2.75) is 37.1 Å². The Balaban J connectivity index is 2.45.